The molecule has 3 nitrogen and oxygen atoms in total. The number of rotatable bonds is 2. The second-order valence-electron chi connectivity index (χ2n) is 3.96. The molecule has 96 valence electrons. The lowest BCUT2D eigenvalue weighted by atomic mass is 10.2. The van der Waals surface area contributed by atoms with Gasteiger partial charge in [0.2, 0.25) is 0 Å². The van der Waals surface area contributed by atoms with Gasteiger partial charge in [-0.3, -0.25) is 9.20 Å². The molecule has 0 saturated heterocycles. The SMILES string of the molecule is CCc1nc2cc(C(F)(F)F)ccn2c1C(C)=O. The molecular formula is C12H11F3N2O. The Labute approximate surface area is 101 Å². The molecule has 0 amide bonds. The number of aryl methyl sites for hydroxylation is 1. The number of pyridine rings is 1. The fourth-order valence-corrected chi connectivity index (χ4v) is 1.89. The first kappa shape index (κ1) is 12.6. The molecule has 0 aliphatic heterocycles. The highest BCUT2D eigenvalue weighted by molar-refractivity contribution is 5.94. The van der Waals surface area contributed by atoms with E-state index in [0.29, 0.717) is 17.8 Å². The summed E-state index contributed by atoms with van der Waals surface area (Å²) >= 11 is 0. The van der Waals surface area contributed by atoms with Crippen LogP contribution >= 0.6 is 0 Å². The van der Waals surface area contributed by atoms with Crippen molar-refractivity contribution in [3.05, 3.63) is 35.3 Å². The first-order valence-electron chi connectivity index (χ1n) is 5.43. The summed E-state index contributed by atoms with van der Waals surface area (Å²) < 4.78 is 39.1. The highest BCUT2D eigenvalue weighted by Crippen LogP contribution is 2.30. The van der Waals surface area contributed by atoms with Crippen LogP contribution in [0.4, 0.5) is 13.2 Å². The van der Waals surface area contributed by atoms with Crippen LogP contribution < -0.4 is 0 Å². The van der Waals surface area contributed by atoms with E-state index in [1.54, 1.807) is 6.92 Å². The van der Waals surface area contributed by atoms with Gasteiger partial charge < -0.3 is 0 Å². The van der Waals surface area contributed by atoms with Crippen LogP contribution in [0.5, 0.6) is 0 Å². The smallest absolute Gasteiger partial charge is 0.297 e. The Bertz CT molecular complexity index is 614. The number of imidazole rings is 1. The molecule has 2 aromatic heterocycles. The summed E-state index contributed by atoms with van der Waals surface area (Å²) in [6.45, 7) is 3.18. The average Bonchev–Trinajstić information content (AvgIpc) is 2.64. The van der Waals surface area contributed by atoms with Crippen molar-refractivity contribution >= 4 is 11.4 Å². The number of Topliss-reactive ketones (excluding diaryl/α,β-unsaturated/α-hetero) is 1. The number of carbonyl (C=O) groups excluding carboxylic acids is 1. The van der Waals surface area contributed by atoms with Gasteiger partial charge >= 0.3 is 6.18 Å². The molecule has 0 spiro atoms. The minimum Gasteiger partial charge on any atom is -0.297 e. The van der Waals surface area contributed by atoms with Crippen molar-refractivity contribution in [2.45, 2.75) is 26.4 Å². The Morgan fingerprint density at radius 2 is 2.11 bits per heavy atom. The molecule has 0 fully saturated rings. The molecule has 0 saturated carbocycles. The van der Waals surface area contributed by atoms with Crippen molar-refractivity contribution in [2.24, 2.45) is 0 Å². The van der Waals surface area contributed by atoms with E-state index in [9.17, 15) is 18.0 Å². The van der Waals surface area contributed by atoms with Gasteiger partial charge in [-0.2, -0.15) is 13.2 Å². The van der Waals surface area contributed by atoms with Crippen LogP contribution in [0.25, 0.3) is 5.65 Å². The first-order valence-corrected chi connectivity index (χ1v) is 5.43. The molecule has 0 aliphatic rings. The maximum Gasteiger partial charge on any atom is 0.416 e. The highest BCUT2D eigenvalue weighted by atomic mass is 19.4. The van der Waals surface area contributed by atoms with Crippen molar-refractivity contribution in [1.29, 1.82) is 0 Å². The summed E-state index contributed by atoms with van der Waals surface area (Å²) in [5, 5.41) is 0. The van der Waals surface area contributed by atoms with E-state index in [0.717, 1.165) is 12.1 Å². The number of alkyl halides is 3. The summed E-state index contributed by atoms with van der Waals surface area (Å²) in [5.74, 6) is -0.209. The van der Waals surface area contributed by atoms with Gasteiger partial charge in [-0.1, -0.05) is 6.92 Å². The van der Waals surface area contributed by atoms with Gasteiger partial charge in [0, 0.05) is 13.1 Å². The molecule has 0 aliphatic carbocycles. The summed E-state index contributed by atoms with van der Waals surface area (Å²) in [6, 6.07) is 1.90. The molecule has 0 atom stereocenters. The topological polar surface area (TPSA) is 34.4 Å². The summed E-state index contributed by atoms with van der Waals surface area (Å²) in [5.41, 5.74) is 0.243. The number of carbonyl (C=O) groups is 1. The van der Waals surface area contributed by atoms with Crippen molar-refractivity contribution < 1.29 is 18.0 Å². The zero-order valence-electron chi connectivity index (χ0n) is 9.88. The molecule has 18 heavy (non-hydrogen) atoms. The number of nitrogens with zero attached hydrogens (tertiary/aromatic N) is 2. The molecule has 0 radical (unpaired) electrons. The van der Waals surface area contributed by atoms with Gasteiger partial charge in [0.15, 0.2) is 5.78 Å². The quantitative estimate of drug-likeness (QED) is 0.774. The van der Waals surface area contributed by atoms with E-state index in [2.05, 4.69) is 4.98 Å². The molecule has 2 aromatic rings. The Morgan fingerprint density at radius 3 is 2.61 bits per heavy atom. The number of hydrogen-bond acceptors (Lipinski definition) is 2. The van der Waals surface area contributed by atoms with Gasteiger partial charge in [-0.15, -0.1) is 0 Å². The van der Waals surface area contributed by atoms with Crippen LogP contribution in [-0.4, -0.2) is 15.2 Å². The third-order valence-electron chi connectivity index (χ3n) is 2.69. The molecule has 0 aromatic carbocycles. The summed E-state index contributed by atoms with van der Waals surface area (Å²) in [4.78, 5) is 15.6. The van der Waals surface area contributed by atoms with Gasteiger partial charge in [0.1, 0.15) is 11.3 Å². The van der Waals surface area contributed by atoms with Crippen LogP contribution in [0, 0.1) is 0 Å². The fourth-order valence-electron chi connectivity index (χ4n) is 1.89. The molecule has 2 rings (SSSR count). The zero-order valence-corrected chi connectivity index (χ0v) is 9.88. The number of halogens is 3. The largest absolute Gasteiger partial charge is 0.416 e. The second-order valence-corrected chi connectivity index (χ2v) is 3.96. The van der Waals surface area contributed by atoms with Gasteiger partial charge in [0.05, 0.1) is 11.3 Å². The Balaban J connectivity index is 2.70. The molecule has 0 bridgehead atoms. The Morgan fingerprint density at radius 1 is 1.44 bits per heavy atom. The van der Waals surface area contributed by atoms with Crippen molar-refractivity contribution in [1.82, 2.24) is 9.38 Å². The molecule has 0 N–H and O–H groups in total. The maximum absolute atomic E-state index is 12.6. The number of aromatic nitrogens is 2. The van der Waals surface area contributed by atoms with Crippen molar-refractivity contribution in [3.63, 3.8) is 0 Å². The monoisotopic (exact) mass is 256 g/mol. The van der Waals surface area contributed by atoms with Crippen molar-refractivity contribution in [2.75, 3.05) is 0 Å². The van der Waals surface area contributed by atoms with Crippen LogP contribution in [-0.2, 0) is 12.6 Å². The van der Waals surface area contributed by atoms with E-state index in [4.69, 9.17) is 0 Å². The Kier molecular flexibility index (Phi) is 2.88. The lowest BCUT2D eigenvalue weighted by molar-refractivity contribution is -0.137. The fraction of sp³-hybridized carbons (Fsp3) is 0.333. The molecule has 2 heterocycles. The van der Waals surface area contributed by atoms with Crippen LogP contribution in [0.1, 0.15) is 35.6 Å². The number of hydrogen-bond donors (Lipinski definition) is 0. The average molecular weight is 256 g/mol. The van der Waals surface area contributed by atoms with E-state index < -0.39 is 11.7 Å². The second kappa shape index (κ2) is 4.12. The van der Waals surface area contributed by atoms with Crippen LogP contribution in [0.15, 0.2) is 18.3 Å². The third-order valence-corrected chi connectivity index (χ3v) is 2.69. The number of fused-ring (bicyclic) bond motifs is 1. The van der Waals surface area contributed by atoms with E-state index in [1.807, 2.05) is 0 Å². The minimum absolute atomic E-state index is 0.145. The summed E-state index contributed by atoms with van der Waals surface area (Å²) in [6.07, 6.45) is -2.67. The maximum atomic E-state index is 12.6. The lowest BCUT2D eigenvalue weighted by Gasteiger charge is -2.06. The Hall–Kier alpha value is -1.85. The predicted molar refractivity (Wildman–Crippen MR) is 59.6 cm³/mol. The van der Waals surface area contributed by atoms with Crippen LogP contribution in [0.3, 0.4) is 0 Å². The van der Waals surface area contributed by atoms with Crippen LogP contribution in [0.2, 0.25) is 0 Å². The van der Waals surface area contributed by atoms with Gasteiger partial charge in [0.25, 0.3) is 0 Å². The van der Waals surface area contributed by atoms with Gasteiger partial charge in [-0.25, -0.2) is 4.98 Å². The molecule has 0 unspecified atom stereocenters. The van der Waals surface area contributed by atoms with E-state index in [-0.39, 0.29) is 11.4 Å². The zero-order chi connectivity index (χ0) is 13.5. The predicted octanol–water partition coefficient (Wildman–Crippen LogP) is 3.12. The number of ketones is 1. The molecular weight excluding hydrogens is 245 g/mol. The normalized spacial score (nSPS) is 12.1. The van der Waals surface area contributed by atoms with E-state index in [1.165, 1.54) is 17.5 Å². The van der Waals surface area contributed by atoms with Crippen molar-refractivity contribution in [3.8, 4) is 0 Å². The molecule has 6 heteroatoms. The lowest BCUT2D eigenvalue weighted by Crippen LogP contribution is -2.06. The van der Waals surface area contributed by atoms with E-state index >= 15 is 0 Å². The summed E-state index contributed by atoms with van der Waals surface area (Å²) in [7, 11) is 0. The standard InChI is InChI=1S/C12H11F3N2O/c1-3-9-11(7(2)18)17-5-4-8(12(13,14)15)6-10(17)16-9/h4-6H,3H2,1-2H3. The minimum atomic E-state index is -4.41. The van der Waals surface area contributed by atoms with Gasteiger partial charge in [-0.05, 0) is 18.6 Å². The highest BCUT2D eigenvalue weighted by Gasteiger charge is 2.31. The first-order chi connectivity index (χ1) is 8.34. The third kappa shape index (κ3) is 1.98.